The normalized spacial score (nSPS) is 14.1. The Labute approximate surface area is 174 Å². The summed E-state index contributed by atoms with van der Waals surface area (Å²) in [5.41, 5.74) is 1.76. The van der Waals surface area contributed by atoms with E-state index in [1.165, 1.54) is 4.90 Å². The maximum Gasteiger partial charge on any atom is 0.274 e. The molecule has 1 aliphatic carbocycles. The molecule has 3 rings (SSSR count). The molecule has 0 atom stereocenters. The number of carbonyl (C=O) groups is 2. The molecular formula is C20H24Cl2N4O2. The number of anilines is 1. The molecule has 6 nitrogen and oxygen atoms in total. The summed E-state index contributed by atoms with van der Waals surface area (Å²) >= 11 is 11.8. The van der Waals surface area contributed by atoms with Gasteiger partial charge in [0.05, 0.1) is 22.1 Å². The van der Waals surface area contributed by atoms with Gasteiger partial charge in [0.2, 0.25) is 5.91 Å². The lowest BCUT2D eigenvalue weighted by Crippen LogP contribution is -2.35. The smallest absolute Gasteiger partial charge is 0.274 e. The highest BCUT2D eigenvalue weighted by atomic mass is 35.5. The van der Waals surface area contributed by atoms with E-state index in [2.05, 4.69) is 31.2 Å². The number of rotatable bonds is 5. The van der Waals surface area contributed by atoms with Gasteiger partial charge in [-0.15, -0.1) is 0 Å². The third-order valence-electron chi connectivity index (χ3n) is 4.52. The van der Waals surface area contributed by atoms with Crippen molar-refractivity contribution in [3.8, 4) is 0 Å². The minimum atomic E-state index is -0.327. The van der Waals surface area contributed by atoms with Crippen molar-refractivity contribution >= 4 is 40.7 Å². The lowest BCUT2D eigenvalue weighted by molar-refractivity contribution is -0.116. The van der Waals surface area contributed by atoms with E-state index >= 15 is 0 Å². The van der Waals surface area contributed by atoms with Gasteiger partial charge in [-0.05, 0) is 57.9 Å². The summed E-state index contributed by atoms with van der Waals surface area (Å²) in [6, 6.07) is 6.68. The molecule has 0 radical (unpaired) electrons. The van der Waals surface area contributed by atoms with E-state index in [4.69, 9.17) is 23.2 Å². The van der Waals surface area contributed by atoms with Crippen molar-refractivity contribution in [3.05, 3.63) is 45.7 Å². The summed E-state index contributed by atoms with van der Waals surface area (Å²) in [6.07, 6.45) is 2.24. The first-order valence-electron chi connectivity index (χ1n) is 9.17. The van der Waals surface area contributed by atoms with Gasteiger partial charge in [0, 0.05) is 24.3 Å². The number of amides is 2. The minimum Gasteiger partial charge on any atom is -0.331 e. The largest absolute Gasteiger partial charge is 0.331 e. The number of hydrogen-bond donors (Lipinski definition) is 1. The maximum atomic E-state index is 12.8. The summed E-state index contributed by atoms with van der Waals surface area (Å²) < 4.78 is 1.93. The number of likely N-dealkylation sites (N-methyl/N-ethyl adjacent to an activating group) is 1. The monoisotopic (exact) mass is 422 g/mol. The lowest BCUT2D eigenvalue weighted by atomic mass is 10.1. The number of nitrogens with one attached hydrogen (secondary N) is 1. The van der Waals surface area contributed by atoms with E-state index in [1.807, 2.05) is 10.7 Å². The zero-order chi connectivity index (χ0) is 20.6. The molecule has 0 bridgehead atoms. The van der Waals surface area contributed by atoms with E-state index in [9.17, 15) is 9.59 Å². The number of aromatic nitrogens is 2. The molecule has 8 heteroatoms. The minimum absolute atomic E-state index is 0.0970. The van der Waals surface area contributed by atoms with Gasteiger partial charge in [0.15, 0.2) is 5.69 Å². The molecule has 0 saturated heterocycles. The maximum absolute atomic E-state index is 12.8. The zero-order valence-corrected chi connectivity index (χ0v) is 17.9. The molecule has 1 N–H and O–H groups in total. The Kier molecular flexibility index (Phi) is 5.73. The van der Waals surface area contributed by atoms with Gasteiger partial charge in [-0.3, -0.25) is 14.3 Å². The summed E-state index contributed by atoms with van der Waals surface area (Å²) in [7, 11) is 1.59. The second kappa shape index (κ2) is 7.76. The van der Waals surface area contributed by atoms with Crippen molar-refractivity contribution in [2.75, 3.05) is 18.9 Å². The molecule has 1 saturated carbocycles. The van der Waals surface area contributed by atoms with Gasteiger partial charge >= 0.3 is 0 Å². The van der Waals surface area contributed by atoms with Gasteiger partial charge in [-0.2, -0.15) is 5.10 Å². The predicted molar refractivity (Wildman–Crippen MR) is 111 cm³/mol. The van der Waals surface area contributed by atoms with Crippen LogP contribution in [0.2, 0.25) is 10.0 Å². The predicted octanol–water partition coefficient (Wildman–Crippen LogP) is 4.53. The topological polar surface area (TPSA) is 67.2 Å². The summed E-state index contributed by atoms with van der Waals surface area (Å²) in [5.74, 6) is -0.141. The highest BCUT2D eigenvalue weighted by Gasteiger charge is 2.33. The quantitative estimate of drug-likeness (QED) is 0.768. The van der Waals surface area contributed by atoms with Crippen molar-refractivity contribution in [3.63, 3.8) is 0 Å². The van der Waals surface area contributed by atoms with E-state index in [1.54, 1.807) is 25.2 Å². The number of halogens is 2. The van der Waals surface area contributed by atoms with Crippen LogP contribution in [0.4, 0.5) is 5.69 Å². The highest BCUT2D eigenvalue weighted by Crippen LogP contribution is 2.41. The van der Waals surface area contributed by atoms with E-state index in [0.717, 1.165) is 18.5 Å². The molecule has 1 heterocycles. The van der Waals surface area contributed by atoms with Gasteiger partial charge in [-0.25, -0.2) is 0 Å². The summed E-state index contributed by atoms with van der Waals surface area (Å²) in [4.78, 5) is 26.5. The van der Waals surface area contributed by atoms with Crippen molar-refractivity contribution in [2.24, 2.45) is 0 Å². The van der Waals surface area contributed by atoms with Crippen LogP contribution in [0.1, 0.15) is 55.7 Å². The Morgan fingerprint density at radius 1 is 1.21 bits per heavy atom. The number of benzene rings is 1. The van der Waals surface area contributed by atoms with Crippen molar-refractivity contribution in [1.82, 2.24) is 14.7 Å². The Balaban J connectivity index is 1.68. The van der Waals surface area contributed by atoms with Gasteiger partial charge in [0.1, 0.15) is 0 Å². The van der Waals surface area contributed by atoms with Crippen LogP contribution < -0.4 is 5.32 Å². The molecule has 1 fully saturated rings. The van der Waals surface area contributed by atoms with Gasteiger partial charge in [-0.1, -0.05) is 23.2 Å². The van der Waals surface area contributed by atoms with E-state index in [-0.39, 0.29) is 23.9 Å². The Bertz CT molecular complexity index is 913. The van der Waals surface area contributed by atoms with Crippen LogP contribution in [-0.2, 0) is 10.3 Å². The molecular weight excluding hydrogens is 399 g/mol. The van der Waals surface area contributed by atoms with Crippen LogP contribution >= 0.6 is 23.2 Å². The molecule has 2 amide bonds. The second-order valence-corrected chi connectivity index (χ2v) is 8.96. The number of carbonyl (C=O) groups excluding carboxylic acids is 2. The first-order chi connectivity index (χ1) is 13.1. The molecule has 1 aromatic carbocycles. The number of nitrogens with zero attached hydrogens (tertiary/aromatic N) is 3. The van der Waals surface area contributed by atoms with Gasteiger partial charge < -0.3 is 10.2 Å². The zero-order valence-electron chi connectivity index (χ0n) is 16.4. The van der Waals surface area contributed by atoms with Crippen LogP contribution in [0.15, 0.2) is 24.3 Å². The van der Waals surface area contributed by atoms with Crippen LogP contribution in [-0.4, -0.2) is 40.1 Å². The Morgan fingerprint density at radius 2 is 1.89 bits per heavy atom. The SMILES string of the molecule is CN(CC(=O)Nc1ccc(Cl)c(Cl)c1)C(=O)c1cc(C2CC2)n(C(C)(C)C)n1. The number of hydrogen-bond acceptors (Lipinski definition) is 3. The fourth-order valence-corrected chi connectivity index (χ4v) is 3.26. The molecule has 0 aliphatic heterocycles. The second-order valence-electron chi connectivity index (χ2n) is 8.15. The third kappa shape index (κ3) is 4.67. The van der Waals surface area contributed by atoms with Crippen LogP contribution in [0.25, 0.3) is 0 Å². The fourth-order valence-electron chi connectivity index (χ4n) is 2.96. The van der Waals surface area contributed by atoms with Crippen molar-refractivity contribution < 1.29 is 9.59 Å². The van der Waals surface area contributed by atoms with Gasteiger partial charge in [0.25, 0.3) is 5.91 Å². The van der Waals surface area contributed by atoms with E-state index < -0.39 is 0 Å². The molecule has 150 valence electrons. The molecule has 1 aliphatic rings. The molecule has 2 aromatic rings. The first-order valence-corrected chi connectivity index (χ1v) is 9.92. The lowest BCUT2D eigenvalue weighted by Gasteiger charge is -2.22. The standard InChI is InChI=1S/C20H24Cl2N4O2/c1-20(2,3)26-17(12-5-6-12)10-16(24-26)19(28)25(4)11-18(27)23-13-7-8-14(21)15(22)9-13/h7-10,12H,5-6,11H2,1-4H3,(H,23,27). The molecule has 0 unspecified atom stereocenters. The highest BCUT2D eigenvalue weighted by molar-refractivity contribution is 6.42. The molecule has 28 heavy (non-hydrogen) atoms. The van der Waals surface area contributed by atoms with Crippen LogP contribution in [0.5, 0.6) is 0 Å². The fraction of sp³-hybridized carbons (Fsp3) is 0.450. The molecule has 0 spiro atoms. The van der Waals surface area contributed by atoms with Crippen molar-refractivity contribution in [1.29, 1.82) is 0 Å². The Morgan fingerprint density at radius 3 is 2.46 bits per heavy atom. The average molecular weight is 423 g/mol. The summed E-state index contributed by atoms with van der Waals surface area (Å²) in [5, 5.41) is 8.01. The average Bonchev–Trinajstić information content (AvgIpc) is 3.34. The van der Waals surface area contributed by atoms with Crippen molar-refractivity contribution in [2.45, 2.75) is 45.1 Å². The summed E-state index contributed by atoms with van der Waals surface area (Å²) in [6.45, 7) is 6.10. The van der Waals surface area contributed by atoms with E-state index in [0.29, 0.717) is 27.3 Å². The third-order valence-corrected chi connectivity index (χ3v) is 5.26. The van der Waals surface area contributed by atoms with Crippen LogP contribution in [0.3, 0.4) is 0 Å². The first kappa shape index (κ1) is 20.7. The Hall–Kier alpha value is -2.05. The molecule has 1 aromatic heterocycles. The van der Waals surface area contributed by atoms with Crippen LogP contribution in [0, 0.1) is 0 Å².